The van der Waals surface area contributed by atoms with Crippen LogP contribution in [0.4, 0.5) is 0 Å². The quantitative estimate of drug-likeness (QED) is 0.806. The second-order valence-electron chi connectivity index (χ2n) is 7.25. The second-order valence-corrected chi connectivity index (χ2v) is 7.25. The van der Waals surface area contributed by atoms with Crippen molar-refractivity contribution in [3.05, 3.63) is 48.2 Å². The van der Waals surface area contributed by atoms with Crippen LogP contribution >= 0.6 is 0 Å². The lowest BCUT2D eigenvalue weighted by Gasteiger charge is -2.37. The molecule has 128 valence electrons. The topological polar surface area (TPSA) is 32.8 Å². The monoisotopic (exact) mass is 326 g/mol. The van der Waals surface area contributed by atoms with Crippen LogP contribution < -0.4 is 0 Å². The number of benzene rings is 1. The number of hydrogen-bond donors (Lipinski definition) is 0. The number of carbonyl (C=O) groups excluding carboxylic acids is 1. The van der Waals surface area contributed by atoms with Crippen LogP contribution in [0.2, 0.25) is 0 Å². The molecule has 3 aliphatic rings. The molecule has 0 N–H and O–H groups in total. The summed E-state index contributed by atoms with van der Waals surface area (Å²) < 4.78 is 5.73. The van der Waals surface area contributed by atoms with Gasteiger partial charge in [-0.25, -0.2) is 0 Å². The molecule has 1 amide bonds. The summed E-state index contributed by atoms with van der Waals surface area (Å²) in [4.78, 5) is 17.0. The third-order valence-electron chi connectivity index (χ3n) is 5.38. The largest absolute Gasteiger partial charge is 0.372 e. The van der Waals surface area contributed by atoms with Crippen molar-refractivity contribution in [2.45, 2.75) is 31.3 Å². The highest BCUT2D eigenvalue weighted by molar-refractivity contribution is 5.83. The Labute approximate surface area is 144 Å². The Morgan fingerprint density at radius 2 is 1.75 bits per heavy atom. The van der Waals surface area contributed by atoms with Gasteiger partial charge in [0.15, 0.2) is 0 Å². The van der Waals surface area contributed by atoms with E-state index in [0.29, 0.717) is 24.5 Å². The van der Waals surface area contributed by atoms with Crippen LogP contribution in [0.25, 0.3) is 0 Å². The van der Waals surface area contributed by atoms with Crippen molar-refractivity contribution < 1.29 is 9.53 Å². The van der Waals surface area contributed by atoms with E-state index in [4.69, 9.17) is 4.74 Å². The molecular formula is C20H26N2O2. The molecule has 3 fully saturated rings. The van der Waals surface area contributed by atoms with E-state index in [1.54, 1.807) is 0 Å². The van der Waals surface area contributed by atoms with Crippen LogP contribution in [0.1, 0.15) is 30.7 Å². The fourth-order valence-electron chi connectivity index (χ4n) is 3.55. The molecule has 2 aliphatic carbocycles. The van der Waals surface area contributed by atoms with E-state index in [9.17, 15) is 4.79 Å². The number of nitrogens with zero attached hydrogens (tertiary/aromatic N) is 2. The van der Waals surface area contributed by atoms with Gasteiger partial charge in [-0.2, -0.15) is 0 Å². The Balaban J connectivity index is 1.24. The zero-order valence-corrected chi connectivity index (χ0v) is 14.2. The van der Waals surface area contributed by atoms with Crippen molar-refractivity contribution in [3.8, 4) is 0 Å². The van der Waals surface area contributed by atoms with Gasteiger partial charge in [-0.3, -0.25) is 4.79 Å². The average Bonchev–Trinajstić information content (AvgIpc) is 3.54. The summed E-state index contributed by atoms with van der Waals surface area (Å²) in [6, 6.07) is 10.4. The van der Waals surface area contributed by atoms with Crippen LogP contribution in [0.5, 0.6) is 0 Å². The van der Waals surface area contributed by atoms with E-state index in [1.165, 1.54) is 18.4 Å². The Morgan fingerprint density at radius 1 is 1.08 bits per heavy atom. The van der Waals surface area contributed by atoms with Gasteiger partial charge in [0, 0.05) is 37.8 Å². The third kappa shape index (κ3) is 3.48. The molecule has 0 spiro atoms. The lowest BCUT2D eigenvalue weighted by molar-refractivity contribution is -0.134. The van der Waals surface area contributed by atoms with Crippen LogP contribution in [0.3, 0.4) is 0 Å². The minimum absolute atomic E-state index is 0.195. The molecule has 4 nitrogen and oxygen atoms in total. The molecule has 0 radical (unpaired) electrons. The molecule has 1 aliphatic heterocycles. The molecule has 1 saturated heterocycles. The van der Waals surface area contributed by atoms with Crippen molar-refractivity contribution in [3.63, 3.8) is 0 Å². The lowest BCUT2D eigenvalue weighted by atomic mass is 10.1. The Kier molecular flexibility index (Phi) is 4.31. The molecule has 4 heteroatoms. The Morgan fingerprint density at radius 3 is 2.42 bits per heavy atom. The minimum Gasteiger partial charge on any atom is -0.372 e. The molecule has 1 aromatic rings. The fraction of sp³-hybridized carbons (Fsp3) is 0.550. The zero-order chi connectivity index (χ0) is 16.5. The fourth-order valence-corrected chi connectivity index (χ4v) is 3.55. The van der Waals surface area contributed by atoms with Gasteiger partial charge >= 0.3 is 0 Å². The first-order valence-corrected chi connectivity index (χ1v) is 9.10. The lowest BCUT2D eigenvalue weighted by Crippen LogP contribution is -2.49. The molecule has 1 aromatic carbocycles. The summed E-state index contributed by atoms with van der Waals surface area (Å²) in [6.07, 6.45) is 3.86. The molecule has 2 atom stereocenters. The Hall–Kier alpha value is -1.81. The van der Waals surface area contributed by atoms with Gasteiger partial charge in [0.1, 0.15) is 0 Å². The number of piperazine rings is 1. The normalized spacial score (nSPS) is 26.3. The van der Waals surface area contributed by atoms with Gasteiger partial charge in [0.25, 0.3) is 0 Å². The predicted octanol–water partition coefficient (Wildman–Crippen LogP) is 2.63. The summed E-state index contributed by atoms with van der Waals surface area (Å²) >= 11 is 0. The van der Waals surface area contributed by atoms with Crippen molar-refractivity contribution >= 4 is 5.91 Å². The van der Waals surface area contributed by atoms with Crippen molar-refractivity contribution in [2.24, 2.45) is 5.92 Å². The van der Waals surface area contributed by atoms with Gasteiger partial charge in [-0.05, 0) is 30.7 Å². The number of amides is 1. The van der Waals surface area contributed by atoms with Crippen molar-refractivity contribution in [1.29, 1.82) is 0 Å². The number of ether oxygens (including phenoxy) is 1. The summed E-state index contributed by atoms with van der Waals surface area (Å²) in [5, 5.41) is 0. The van der Waals surface area contributed by atoms with E-state index < -0.39 is 0 Å². The van der Waals surface area contributed by atoms with E-state index in [1.807, 2.05) is 11.0 Å². The SMILES string of the molecule is C=C(COC1CC1)N1CCN(C(=O)C2CC2c2ccccc2)CC1. The minimum atomic E-state index is 0.195. The number of carbonyl (C=O) groups is 1. The maximum Gasteiger partial charge on any atom is 0.226 e. The van der Waals surface area contributed by atoms with Gasteiger partial charge in [0.05, 0.1) is 12.7 Å². The highest BCUT2D eigenvalue weighted by Gasteiger charge is 2.46. The molecule has 0 bridgehead atoms. The first kappa shape index (κ1) is 15.7. The molecule has 1 heterocycles. The first-order chi connectivity index (χ1) is 11.7. The second kappa shape index (κ2) is 6.60. The summed E-state index contributed by atoms with van der Waals surface area (Å²) in [5.74, 6) is 0.960. The van der Waals surface area contributed by atoms with Crippen LogP contribution in [0, 0.1) is 5.92 Å². The summed E-state index contributed by atoms with van der Waals surface area (Å²) in [6.45, 7) is 8.14. The standard InChI is InChI=1S/C20H26N2O2/c1-15(14-24-17-7-8-17)21-9-11-22(12-10-21)20(23)19-13-18(19)16-5-3-2-4-6-16/h2-6,17-19H,1,7-14H2. The van der Waals surface area contributed by atoms with E-state index >= 15 is 0 Å². The maximum absolute atomic E-state index is 12.7. The van der Waals surface area contributed by atoms with Crippen LogP contribution in [0.15, 0.2) is 42.6 Å². The molecule has 2 unspecified atom stereocenters. The zero-order valence-electron chi connectivity index (χ0n) is 14.2. The van der Waals surface area contributed by atoms with Crippen molar-refractivity contribution in [2.75, 3.05) is 32.8 Å². The van der Waals surface area contributed by atoms with E-state index in [0.717, 1.165) is 38.3 Å². The van der Waals surface area contributed by atoms with Crippen molar-refractivity contribution in [1.82, 2.24) is 9.80 Å². The highest BCUT2D eigenvalue weighted by Crippen LogP contribution is 2.48. The highest BCUT2D eigenvalue weighted by atomic mass is 16.5. The third-order valence-corrected chi connectivity index (χ3v) is 5.38. The van der Waals surface area contributed by atoms with Gasteiger partial charge in [0.2, 0.25) is 5.91 Å². The van der Waals surface area contributed by atoms with Gasteiger partial charge < -0.3 is 14.5 Å². The van der Waals surface area contributed by atoms with Crippen LogP contribution in [-0.2, 0) is 9.53 Å². The van der Waals surface area contributed by atoms with Gasteiger partial charge in [-0.1, -0.05) is 36.9 Å². The van der Waals surface area contributed by atoms with E-state index in [2.05, 4.69) is 35.7 Å². The number of hydrogen-bond acceptors (Lipinski definition) is 3. The number of rotatable bonds is 6. The molecule has 4 rings (SSSR count). The average molecular weight is 326 g/mol. The summed E-state index contributed by atoms with van der Waals surface area (Å²) in [5.41, 5.74) is 2.36. The molecule has 2 saturated carbocycles. The molecule has 24 heavy (non-hydrogen) atoms. The van der Waals surface area contributed by atoms with Crippen LogP contribution in [-0.4, -0.2) is 54.6 Å². The Bertz CT molecular complexity index is 603. The molecular weight excluding hydrogens is 300 g/mol. The maximum atomic E-state index is 12.7. The summed E-state index contributed by atoms with van der Waals surface area (Å²) in [7, 11) is 0. The smallest absolute Gasteiger partial charge is 0.226 e. The first-order valence-electron chi connectivity index (χ1n) is 9.10. The van der Waals surface area contributed by atoms with Gasteiger partial charge in [-0.15, -0.1) is 0 Å². The molecule has 0 aromatic heterocycles. The van der Waals surface area contributed by atoms with E-state index in [-0.39, 0.29) is 5.92 Å². The predicted molar refractivity (Wildman–Crippen MR) is 93.6 cm³/mol.